The van der Waals surface area contributed by atoms with Gasteiger partial charge in [0.2, 0.25) is 0 Å². The fourth-order valence-corrected chi connectivity index (χ4v) is 2.50. The van der Waals surface area contributed by atoms with Gasteiger partial charge in [0.25, 0.3) is 0 Å². The molecule has 0 radical (unpaired) electrons. The second kappa shape index (κ2) is 9.89. The maximum atomic E-state index is 2.42. The molecule has 0 bridgehead atoms. The van der Waals surface area contributed by atoms with E-state index in [0.717, 1.165) is 24.2 Å². The van der Waals surface area contributed by atoms with E-state index >= 15 is 0 Å². The summed E-state index contributed by atoms with van der Waals surface area (Å²) in [6.07, 6.45) is 4.00. The van der Waals surface area contributed by atoms with Gasteiger partial charge in [-0.25, -0.2) is 0 Å². The average Bonchev–Trinajstić information content (AvgIpc) is 2.16. The van der Waals surface area contributed by atoms with Crippen molar-refractivity contribution >= 4 is 58.1 Å². The number of hydrogen-bond donors (Lipinski definition) is 0. The number of hydrogen-bond acceptors (Lipinski definition) is 0. The van der Waals surface area contributed by atoms with Crippen LogP contribution in [0.2, 0.25) is 17.5 Å². The van der Waals surface area contributed by atoms with Gasteiger partial charge in [0.1, 0.15) is 6.71 Å². The molecule has 0 aromatic rings. The molecular formula is C12H28BK. The summed E-state index contributed by atoms with van der Waals surface area (Å²) >= 11 is 0. The first kappa shape index (κ1) is 18.1. The van der Waals surface area contributed by atoms with Crippen LogP contribution in [0.15, 0.2) is 0 Å². The van der Waals surface area contributed by atoms with E-state index in [1.807, 2.05) is 0 Å². The van der Waals surface area contributed by atoms with Crippen molar-refractivity contribution in [3.8, 4) is 0 Å². The van der Waals surface area contributed by atoms with Gasteiger partial charge in [-0.3, -0.25) is 0 Å². The molecule has 0 fully saturated rings. The monoisotopic (exact) mass is 222 g/mol. The Morgan fingerprint density at radius 1 is 0.714 bits per heavy atom. The first-order valence-electron chi connectivity index (χ1n) is 6.08. The topological polar surface area (TPSA) is 0 Å². The van der Waals surface area contributed by atoms with Crippen LogP contribution in [0, 0.1) is 0 Å². The van der Waals surface area contributed by atoms with Crippen LogP contribution >= 0.6 is 0 Å². The van der Waals surface area contributed by atoms with Crippen molar-refractivity contribution in [2.45, 2.75) is 78.3 Å². The van der Waals surface area contributed by atoms with E-state index in [2.05, 4.69) is 41.5 Å². The second-order valence-corrected chi connectivity index (χ2v) is 4.73. The molecule has 2 heteroatoms. The Hall–Kier alpha value is 1.70. The molecule has 0 saturated carbocycles. The molecule has 0 aliphatic heterocycles. The zero-order chi connectivity index (χ0) is 10.4. The molecule has 0 aromatic heterocycles. The zero-order valence-electron chi connectivity index (χ0n) is 10.4. The fourth-order valence-electron chi connectivity index (χ4n) is 2.50. The summed E-state index contributed by atoms with van der Waals surface area (Å²) < 4.78 is 0. The zero-order valence-corrected chi connectivity index (χ0v) is 10.4. The summed E-state index contributed by atoms with van der Waals surface area (Å²) in [5.41, 5.74) is 0. The standard InChI is InChI=1S/C12H27B.K.H/c1-7-10(4)13(11(5)8-2)12(6)9-3;;/h10-12H,7-9H2,1-6H3;;. The molecule has 0 saturated heterocycles. The molecule has 0 spiro atoms. The summed E-state index contributed by atoms with van der Waals surface area (Å²) in [7, 11) is 0. The van der Waals surface area contributed by atoms with Crippen LogP contribution in [0.1, 0.15) is 60.8 Å². The molecule has 3 unspecified atom stereocenters. The molecule has 0 amide bonds. The van der Waals surface area contributed by atoms with Gasteiger partial charge in [-0.2, -0.15) is 0 Å². The average molecular weight is 222 g/mol. The fraction of sp³-hybridized carbons (Fsp3) is 1.00. The van der Waals surface area contributed by atoms with Crippen molar-refractivity contribution in [2.75, 3.05) is 0 Å². The van der Waals surface area contributed by atoms with Crippen molar-refractivity contribution in [1.82, 2.24) is 0 Å². The van der Waals surface area contributed by atoms with Gasteiger partial charge in [-0.1, -0.05) is 78.3 Å². The Morgan fingerprint density at radius 2 is 0.929 bits per heavy atom. The van der Waals surface area contributed by atoms with E-state index in [9.17, 15) is 0 Å². The molecule has 3 atom stereocenters. The SMILES string of the molecule is CCC(C)B(C(C)CC)C(C)CC.[KH]. The summed E-state index contributed by atoms with van der Waals surface area (Å²) in [6, 6.07) is 0. The Labute approximate surface area is 134 Å². The van der Waals surface area contributed by atoms with Crippen molar-refractivity contribution in [2.24, 2.45) is 0 Å². The van der Waals surface area contributed by atoms with Gasteiger partial charge in [0.05, 0.1) is 0 Å². The number of rotatable bonds is 6. The van der Waals surface area contributed by atoms with Crippen molar-refractivity contribution in [3.05, 3.63) is 0 Å². The van der Waals surface area contributed by atoms with E-state index < -0.39 is 0 Å². The van der Waals surface area contributed by atoms with Crippen LogP contribution < -0.4 is 0 Å². The van der Waals surface area contributed by atoms with Crippen LogP contribution in [0.4, 0.5) is 0 Å². The van der Waals surface area contributed by atoms with Crippen molar-refractivity contribution < 1.29 is 0 Å². The quantitative estimate of drug-likeness (QED) is 0.590. The molecule has 14 heavy (non-hydrogen) atoms. The van der Waals surface area contributed by atoms with Crippen LogP contribution in [-0.2, 0) is 0 Å². The van der Waals surface area contributed by atoms with Gasteiger partial charge in [-0.15, -0.1) is 0 Å². The molecule has 0 aliphatic carbocycles. The van der Waals surface area contributed by atoms with E-state index in [4.69, 9.17) is 0 Å². The minimum atomic E-state index is 0. The van der Waals surface area contributed by atoms with Crippen LogP contribution in [0.25, 0.3) is 0 Å². The normalized spacial score (nSPS) is 16.7. The van der Waals surface area contributed by atoms with Gasteiger partial charge in [0, 0.05) is 0 Å². The van der Waals surface area contributed by atoms with Gasteiger partial charge in [-0.05, 0) is 0 Å². The maximum absolute atomic E-state index is 2.42. The molecule has 0 heterocycles. The van der Waals surface area contributed by atoms with Gasteiger partial charge >= 0.3 is 51.4 Å². The van der Waals surface area contributed by atoms with E-state index in [-0.39, 0.29) is 51.4 Å². The summed E-state index contributed by atoms with van der Waals surface area (Å²) in [5, 5.41) is 0. The minimum absolute atomic E-state index is 0. The predicted molar refractivity (Wildman–Crippen MR) is 72.0 cm³/mol. The third-order valence-electron chi connectivity index (χ3n) is 3.90. The van der Waals surface area contributed by atoms with Gasteiger partial charge in [0.15, 0.2) is 0 Å². The molecule has 0 rings (SSSR count). The first-order valence-corrected chi connectivity index (χ1v) is 6.08. The third kappa shape index (κ3) is 5.69. The molecule has 80 valence electrons. The second-order valence-electron chi connectivity index (χ2n) is 4.73. The summed E-state index contributed by atoms with van der Waals surface area (Å²) in [4.78, 5) is 0. The van der Waals surface area contributed by atoms with Gasteiger partial charge < -0.3 is 0 Å². The Bertz CT molecular complexity index is 104. The first-order chi connectivity index (χ1) is 6.08. The van der Waals surface area contributed by atoms with Crippen LogP contribution in [0.5, 0.6) is 0 Å². The van der Waals surface area contributed by atoms with Crippen LogP contribution in [-0.4, -0.2) is 58.1 Å². The molecule has 0 aliphatic rings. The summed E-state index contributed by atoms with van der Waals surface area (Å²) in [5.74, 6) is 2.68. The summed E-state index contributed by atoms with van der Waals surface area (Å²) in [6.45, 7) is 15.2. The Morgan fingerprint density at radius 3 is 1.07 bits per heavy atom. The predicted octanol–water partition coefficient (Wildman–Crippen LogP) is 4.23. The molecule has 0 nitrogen and oxygen atoms in total. The van der Waals surface area contributed by atoms with E-state index in [1.165, 1.54) is 19.3 Å². The molecular weight excluding hydrogens is 194 g/mol. The Kier molecular flexibility index (Phi) is 12.8. The van der Waals surface area contributed by atoms with E-state index in [0.29, 0.717) is 0 Å². The molecule has 0 aromatic carbocycles. The van der Waals surface area contributed by atoms with Crippen molar-refractivity contribution in [3.63, 3.8) is 0 Å². The van der Waals surface area contributed by atoms with Crippen molar-refractivity contribution in [1.29, 1.82) is 0 Å². The third-order valence-corrected chi connectivity index (χ3v) is 3.90. The van der Waals surface area contributed by atoms with Crippen LogP contribution in [0.3, 0.4) is 0 Å². The van der Waals surface area contributed by atoms with E-state index in [1.54, 1.807) is 0 Å². The molecule has 0 N–H and O–H groups in total. The Balaban J connectivity index is 0.